The van der Waals surface area contributed by atoms with Gasteiger partial charge in [0.2, 0.25) is 0 Å². The second-order valence-corrected chi connectivity index (χ2v) is 3.90. The van der Waals surface area contributed by atoms with Crippen molar-refractivity contribution in [2.45, 2.75) is 20.0 Å². The maximum Gasteiger partial charge on any atom is 0.613 e. The Hall–Kier alpha value is -0.940. The summed E-state index contributed by atoms with van der Waals surface area (Å²) >= 11 is 3.33. The van der Waals surface area contributed by atoms with E-state index in [9.17, 15) is 4.79 Å². The topological polar surface area (TPSA) is 49.6 Å². The summed E-state index contributed by atoms with van der Waals surface area (Å²) in [6, 6.07) is 0. The first-order valence-electron chi connectivity index (χ1n) is 4.52. The zero-order valence-corrected chi connectivity index (χ0v) is 10.3. The van der Waals surface area contributed by atoms with Crippen LogP contribution in [0.4, 0.5) is 0 Å². The molecule has 0 saturated heterocycles. The SMILES string of the molecule is C=[O+]C(=O)C1=C(C)NC=C(Br)C1OCC. The van der Waals surface area contributed by atoms with Crippen LogP contribution in [0.25, 0.3) is 0 Å². The lowest BCUT2D eigenvalue weighted by atomic mass is 10.1. The van der Waals surface area contributed by atoms with Crippen molar-refractivity contribution in [3.8, 4) is 0 Å². The average molecular weight is 275 g/mol. The van der Waals surface area contributed by atoms with Crippen LogP contribution >= 0.6 is 15.9 Å². The summed E-state index contributed by atoms with van der Waals surface area (Å²) in [6.45, 7) is 7.27. The van der Waals surface area contributed by atoms with Gasteiger partial charge in [-0.1, -0.05) is 15.9 Å². The first-order valence-corrected chi connectivity index (χ1v) is 5.32. The van der Waals surface area contributed by atoms with E-state index in [1.54, 1.807) is 13.1 Å². The predicted molar refractivity (Wildman–Crippen MR) is 60.4 cm³/mol. The van der Waals surface area contributed by atoms with Gasteiger partial charge in [-0.15, -0.1) is 0 Å². The molecule has 82 valence electrons. The quantitative estimate of drug-likeness (QED) is 0.792. The highest BCUT2D eigenvalue weighted by molar-refractivity contribution is 9.11. The summed E-state index contributed by atoms with van der Waals surface area (Å²) in [5, 5.41) is 2.95. The van der Waals surface area contributed by atoms with Gasteiger partial charge in [-0.3, -0.25) is 4.42 Å². The predicted octanol–water partition coefficient (Wildman–Crippen LogP) is 1.40. The Morgan fingerprint density at radius 3 is 3.00 bits per heavy atom. The summed E-state index contributed by atoms with van der Waals surface area (Å²) in [6.07, 6.45) is 1.33. The van der Waals surface area contributed by atoms with Crippen LogP contribution in [0.15, 0.2) is 22.0 Å². The molecule has 0 aromatic heterocycles. The maximum absolute atomic E-state index is 11.5. The number of carbonyl (C=O) groups excluding carboxylic acids is 2. The normalized spacial score (nSPS) is 20.7. The van der Waals surface area contributed by atoms with Crippen molar-refractivity contribution in [3.05, 3.63) is 22.0 Å². The van der Waals surface area contributed by atoms with E-state index in [1.807, 2.05) is 6.92 Å². The number of hydrogen-bond donors (Lipinski definition) is 1. The smallest absolute Gasteiger partial charge is 0.368 e. The Morgan fingerprint density at radius 2 is 2.47 bits per heavy atom. The molecule has 1 aliphatic heterocycles. The van der Waals surface area contributed by atoms with E-state index >= 15 is 0 Å². The van der Waals surface area contributed by atoms with Crippen molar-refractivity contribution in [1.29, 1.82) is 0 Å². The highest BCUT2D eigenvalue weighted by Gasteiger charge is 2.36. The minimum Gasteiger partial charge on any atom is -0.368 e. The molecule has 0 saturated carbocycles. The summed E-state index contributed by atoms with van der Waals surface area (Å²) in [7, 11) is 0. The number of nitrogens with one attached hydrogen (secondary N) is 1. The van der Waals surface area contributed by atoms with Crippen molar-refractivity contribution < 1.29 is 14.0 Å². The lowest BCUT2D eigenvalue weighted by Gasteiger charge is -2.21. The number of allylic oxidation sites excluding steroid dienone is 1. The van der Waals surface area contributed by atoms with Crippen molar-refractivity contribution in [3.63, 3.8) is 0 Å². The highest BCUT2D eigenvalue weighted by Crippen LogP contribution is 2.26. The second kappa shape index (κ2) is 5.23. The van der Waals surface area contributed by atoms with Gasteiger partial charge in [0.05, 0.1) is 4.79 Å². The zero-order chi connectivity index (χ0) is 11.4. The monoisotopic (exact) mass is 274 g/mol. The Kier molecular flexibility index (Phi) is 4.23. The van der Waals surface area contributed by atoms with Gasteiger partial charge in [0.25, 0.3) is 0 Å². The minimum absolute atomic E-state index is 0.412. The van der Waals surface area contributed by atoms with Gasteiger partial charge in [-0.2, -0.15) is 0 Å². The third-order valence-corrected chi connectivity index (χ3v) is 2.67. The van der Waals surface area contributed by atoms with Crippen molar-refractivity contribution >= 4 is 28.7 Å². The lowest BCUT2D eigenvalue weighted by Crippen LogP contribution is -2.30. The summed E-state index contributed by atoms with van der Waals surface area (Å²) in [5.74, 6) is -0.483. The van der Waals surface area contributed by atoms with Crippen molar-refractivity contribution in [1.82, 2.24) is 5.32 Å². The molecule has 1 aliphatic rings. The molecule has 0 radical (unpaired) electrons. The molecule has 5 heteroatoms. The Morgan fingerprint density at radius 1 is 1.80 bits per heavy atom. The highest BCUT2D eigenvalue weighted by atomic mass is 79.9. The molecule has 0 aromatic carbocycles. The summed E-state index contributed by atoms with van der Waals surface area (Å²) in [5.41, 5.74) is 1.16. The zero-order valence-electron chi connectivity index (χ0n) is 8.67. The van der Waals surface area contributed by atoms with Crippen LogP contribution < -0.4 is 5.32 Å². The van der Waals surface area contributed by atoms with Crippen molar-refractivity contribution in [2.24, 2.45) is 0 Å². The van der Waals surface area contributed by atoms with E-state index in [-0.39, 0.29) is 0 Å². The molecule has 0 aliphatic carbocycles. The molecule has 1 N–H and O–H groups in total. The molecule has 0 spiro atoms. The molecule has 1 heterocycles. The van der Waals surface area contributed by atoms with Gasteiger partial charge >= 0.3 is 5.97 Å². The number of carbonyl (C=O) groups is 1. The fourth-order valence-electron chi connectivity index (χ4n) is 1.33. The van der Waals surface area contributed by atoms with Crippen LogP contribution in [0, 0.1) is 0 Å². The summed E-state index contributed by atoms with van der Waals surface area (Å²) in [4.78, 5) is 11.5. The number of dihydropyridines is 1. The maximum atomic E-state index is 11.5. The van der Waals surface area contributed by atoms with Gasteiger partial charge < -0.3 is 10.1 Å². The van der Waals surface area contributed by atoms with E-state index in [0.717, 1.165) is 4.48 Å². The largest absolute Gasteiger partial charge is 0.613 e. The second-order valence-electron chi connectivity index (χ2n) is 2.98. The van der Waals surface area contributed by atoms with Gasteiger partial charge in [-0.05, 0) is 13.8 Å². The minimum atomic E-state index is -0.483. The number of halogens is 1. The fraction of sp³-hybridized carbons (Fsp3) is 0.400. The molecule has 0 aromatic rings. The lowest BCUT2D eigenvalue weighted by molar-refractivity contribution is -0.364. The first-order chi connectivity index (χ1) is 7.11. The Bertz CT molecular complexity index is 347. The van der Waals surface area contributed by atoms with Crippen LogP contribution in [0.5, 0.6) is 0 Å². The van der Waals surface area contributed by atoms with Crippen molar-refractivity contribution in [2.75, 3.05) is 6.61 Å². The van der Waals surface area contributed by atoms with Crippen LogP contribution in [-0.4, -0.2) is 25.5 Å². The standard InChI is InChI=1S/C10H12BrNO3/c1-4-15-9-7(11)5-12-6(2)8(9)10(13)14-3/h5,9H,3-4H2,1-2H3/p+1. The van der Waals surface area contributed by atoms with Crippen LogP contribution in [0.3, 0.4) is 0 Å². The van der Waals surface area contributed by atoms with Gasteiger partial charge in [0.1, 0.15) is 6.10 Å². The van der Waals surface area contributed by atoms with E-state index in [1.165, 1.54) is 0 Å². The average Bonchev–Trinajstić information content (AvgIpc) is 2.23. The first kappa shape index (κ1) is 12.1. The van der Waals surface area contributed by atoms with E-state index in [0.29, 0.717) is 17.9 Å². The molecule has 15 heavy (non-hydrogen) atoms. The van der Waals surface area contributed by atoms with Crippen LogP contribution in [0.2, 0.25) is 0 Å². The fourth-order valence-corrected chi connectivity index (χ4v) is 1.81. The van der Waals surface area contributed by atoms with E-state index < -0.39 is 12.1 Å². The van der Waals surface area contributed by atoms with E-state index in [4.69, 9.17) is 4.74 Å². The summed E-state index contributed by atoms with van der Waals surface area (Å²) < 4.78 is 10.7. The molecular formula is C10H13BrNO3+. The molecule has 4 nitrogen and oxygen atoms in total. The van der Waals surface area contributed by atoms with Gasteiger partial charge in [-0.25, -0.2) is 0 Å². The van der Waals surface area contributed by atoms with Gasteiger partial charge in [0.15, 0.2) is 12.4 Å². The number of rotatable bonds is 3. The molecule has 1 rings (SSSR count). The van der Waals surface area contributed by atoms with Crippen LogP contribution in [-0.2, 0) is 14.0 Å². The molecular weight excluding hydrogens is 262 g/mol. The van der Waals surface area contributed by atoms with E-state index in [2.05, 4.69) is 32.5 Å². The number of ether oxygens (including phenoxy) is 1. The molecule has 1 atom stereocenters. The molecule has 0 amide bonds. The Labute approximate surface area is 96.8 Å². The Balaban J connectivity index is 3.05. The van der Waals surface area contributed by atoms with Gasteiger partial charge in [0, 0.05) is 23.0 Å². The number of hydrogen-bond acceptors (Lipinski definition) is 3. The molecule has 0 bridgehead atoms. The molecule has 0 fully saturated rings. The third-order valence-electron chi connectivity index (χ3n) is 2.03. The molecule has 1 unspecified atom stereocenters. The third kappa shape index (κ3) is 2.54. The van der Waals surface area contributed by atoms with Crippen LogP contribution in [0.1, 0.15) is 13.8 Å².